The van der Waals surface area contributed by atoms with Crippen molar-refractivity contribution in [2.75, 3.05) is 31.1 Å². The number of piperazine rings is 1. The number of anilines is 1. The fourth-order valence-electron chi connectivity index (χ4n) is 4.18. The molecule has 3 atom stereocenters. The van der Waals surface area contributed by atoms with Crippen molar-refractivity contribution in [3.05, 3.63) is 29.3 Å². The number of nitrogens with zero attached hydrogens (tertiary/aromatic N) is 1. The van der Waals surface area contributed by atoms with E-state index in [4.69, 9.17) is 11.6 Å². The zero-order chi connectivity index (χ0) is 17.8. The van der Waals surface area contributed by atoms with Gasteiger partial charge in [0.1, 0.15) is 0 Å². The van der Waals surface area contributed by atoms with Gasteiger partial charge in [0, 0.05) is 16.8 Å². The molecule has 0 bridgehead atoms. The van der Waals surface area contributed by atoms with Crippen LogP contribution in [-0.2, 0) is 4.79 Å². The highest BCUT2D eigenvalue weighted by Gasteiger charge is 2.32. The molecule has 1 aliphatic carbocycles. The molecule has 1 saturated heterocycles. The molecular weight excluding hydrogens is 334 g/mol. The van der Waals surface area contributed by atoms with Crippen LogP contribution in [0, 0.1) is 5.92 Å². The molecule has 1 aromatic carbocycles. The first-order chi connectivity index (χ1) is 12.0. The second-order valence-electron chi connectivity index (χ2n) is 7.72. The molecule has 3 rings (SSSR count). The van der Waals surface area contributed by atoms with Crippen LogP contribution in [0.1, 0.15) is 39.5 Å². The Balaban J connectivity index is 1.50. The summed E-state index contributed by atoms with van der Waals surface area (Å²) in [5.41, 5.74) is 1.18. The lowest BCUT2D eigenvalue weighted by Gasteiger charge is -2.37. The number of carbonyl (C=O) groups excluding carboxylic acids is 1. The van der Waals surface area contributed by atoms with Gasteiger partial charge >= 0.3 is 0 Å². The average Bonchev–Trinajstić information content (AvgIpc) is 2.63. The summed E-state index contributed by atoms with van der Waals surface area (Å²) in [6.45, 7) is 8.25. The summed E-state index contributed by atoms with van der Waals surface area (Å²) in [6.07, 6.45) is 4.93. The topological polar surface area (TPSA) is 36.8 Å². The summed E-state index contributed by atoms with van der Waals surface area (Å²) in [5.74, 6) is 0.838. The van der Waals surface area contributed by atoms with E-state index in [9.17, 15) is 4.79 Å². The Labute approximate surface area is 156 Å². The monoisotopic (exact) mass is 364 g/mol. The molecule has 4 nitrogen and oxygen atoms in total. The summed E-state index contributed by atoms with van der Waals surface area (Å²) in [5, 5.41) is 4.10. The highest BCUT2D eigenvalue weighted by molar-refractivity contribution is 6.30. The minimum atomic E-state index is 0.0237. The van der Waals surface area contributed by atoms with Gasteiger partial charge in [-0.05, 0) is 43.9 Å². The van der Waals surface area contributed by atoms with Gasteiger partial charge in [0.2, 0.25) is 0 Å². The van der Waals surface area contributed by atoms with Crippen molar-refractivity contribution < 1.29 is 9.69 Å². The van der Waals surface area contributed by atoms with Crippen molar-refractivity contribution >= 4 is 23.2 Å². The molecule has 1 amide bonds. The standard InChI is InChI=1S/C20H30ClN3O/c1-15-6-3-4-9-19(15)22-20(25)16(2)23-10-12-24(13-11-23)18-8-5-7-17(21)14-18/h5,7-8,14-16,19H,3-4,6,9-13H2,1-2H3,(H,22,25)/p+1/t15-,16+,19-/m0/s1. The zero-order valence-electron chi connectivity index (χ0n) is 15.4. The van der Waals surface area contributed by atoms with Crippen LogP contribution in [0.2, 0.25) is 5.02 Å². The number of hydrogen-bond donors (Lipinski definition) is 2. The quantitative estimate of drug-likeness (QED) is 0.858. The van der Waals surface area contributed by atoms with Crippen LogP contribution >= 0.6 is 11.6 Å². The highest BCUT2D eigenvalue weighted by Crippen LogP contribution is 2.23. The average molecular weight is 365 g/mol. The minimum absolute atomic E-state index is 0.0237. The third kappa shape index (κ3) is 4.68. The summed E-state index contributed by atoms with van der Waals surface area (Å²) in [7, 11) is 0. The van der Waals surface area contributed by atoms with E-state index in [0.717, 1.165) is 37.6 Å². The Morgan fingerprint density at radius 1 is 1.28 bits per heavy atom. The van der Waals surface area contributed by atoms with Crippen molar-refractivity contribution in [1.82, 2.24) is 5.32 Å². The molecule has 2 aliphatic rings. The number of quaternary nitrogens is 1. The molecule has 5 heteroatoms. The molecule has 0 unspecified atom stereocenters. The molecule has 1 aromatic rings. The second kappa shape index (κ2) is 8.41. The Kier molecular flexibility index (Phi) is 6.24. The number of nitrogens with one attached hydrogen (secondary N) is 2. The summed E-state index contributed by atoms with van der Waals surface area (Å²) in [4.78, 5) is 16.4. The second-order valence-corrected chi connectivity index (χ2v) is 8.16. The predicted octanol–water partition coefficient (Wildman–Crippen LogP) is 2.13. The fraction of sp³-hybridized carbons (Fsp3) is 0.650. The first kappa shape index (κ1) is 18.5. The number of benzene rings is 1. The normalized spacial score (nSPS) is 26.3. The van der Waals surface area contributed by atoms with Gasteiger partial charge in [0.25, 0.3) is 5.91 Å². The van der Waals surface area contributed by atoms with Gasteiger partial charge in [-0.2, -0.15) is 0 Å². The van der Waals surface area contributed by atoms with Crippen LogP contribution in [-0.4, -0.2) is 44.2 Å². The van der Waals surface area contributed by atoms with Crippen molar-refractivity contribution in [3.63, 3.8) is 0 Å². The first-order valence-corrected chi connectivity index (χ1v) is 10.1. The van der Waals surface area contributed by atoms with E-state index in [-0.39, 0.29) is 11.9 Å². The van der Waals surface area contributed by atoms with Gasteiger partial charge in [0.15, 0.2) is 6.04 Å². The predicted molar refractivity (Wildman–Crippen MR) is 103 cm³/mol. The van der Waals surface area contributed by atoms with Gasteiger partial charge in [-0.1, -0.05) is 37.4 Å². The van der Waals surface area contributed by atoms with Gasteiger partial charge in [-0.3, -0.25) is 4.79 Å². The van der Waals surface area contributed by atoms with Crippen LogP contribution < -0.4 is 15.1 Å². The smallest absolute Gasteiger partial charge is 0.278 e. The third-order valence-electron chi connectivity index (χ3n) is 6.02. The Bertz CT molecular complexity index is 586. The van der Waals surface area contributed by atoms with E-state index < -0.39 is 0 Å². The summed E-state index contributed by atoms with van der Waals surface area (Å²) < 4.78 is 0. The lowest BCUT2D eigenvalue weighted by atomic mass is 9.86. The minimum Gasteiger partial charge on any atom is -0.360 e. The molecule has 0 spiro atoms. The number of carbonyl (C=O) groups is 1. The number of hydrogen-bond acceptors (Lipinski definition) is 2. The van der Waals surface area contributed by atoms with Gasteiger partial charge in [-0.25, -0.2) is 0 Å². The zero-order valence-corrected chi connectivity index (χ0v) is 16.2. The van der Waals surface area contributed by atoms with Crippen molar-refractivity contribution in [3.8, 4) is 0 Å². The van der Waals surface area contributed by atoms with E-state index >= 15 is 0 Å². The first-order valence-electron chi connectivity index (χ1n) is 9.70. The SMILES string of the molecule is C[C@H](C(=O)N[C@H]1CCCC[C@@H]1C)[NH+]1CCN(c2cccc(Cl)c2)CC1. The molecule has 1 saturated carbocycles. The van der Waals surface area contributed by atoms with E-state index in [1.165, 1.54) is 29.8 Å². The Hall–Kier alpha value is -1.26. The third-order valence-corrected chi connectivity index (χ3v) is 6.26. The number of amides is 1. The fourth-order valence-corrected chi connectivity index (χ4v) is 4.37. The van der Waals surface area contributed by atoms with Crippen LogP contribution in [0.3, 0.4) is 0 Å². The van der Waals surface area contributed by atoms with Crippen LogP contribution in [0.15, 0.2) is 24.3 Å². The molecular formula is C20H31ClN3O+. The van der Waals surface area contributed by atoms with Crippen LogP contribution in [0.5, 0.6) is 0 Å². The Morgan fingerprint density at radius 2 is 2.00 bits per heavy atom. The van der Waals surface area contributed by atoms with E-state index in [1.54, 1.807) is 0 Å². The lowest BCUT2D eigenvalue weighted by Crippen LogP contribution is -3.19. The number of halogens is 1. The van der Waals surface area contributed by atoms with Crippen LogP contribution in [0.25, 0.3) is 0 Å². The van der Waals surface area contributed by atoms with Crippen LogP contribution in [0.4, 0.5) is 5.69 Å². The van der Waals surface area contributed by atoms with Gasteiger partial charge in [0.05, 0.1) is 26.2 Å². The van der Waals surface area contributed by atoms with Gasteiger partial charge < -0.3 is 15.1 Å². The Morgan fingerprint density at radius 3 is 2.68 bits per heavy atom. The van der Waals surface area contributed by atoms with Gasteiger partial charge in [-0.15, -0.1) is 0 Å². The summed E-state index contributed by atoms with van der Waals surface area (Å²) in [6, 6.07) is 8.43. The van der Waals surface area contributed by atoms with Crippen molar-refractivity contribution in [1.29, 1.82) is 0 Å². The molecule has 0 radical (unpaired) electrons. The highest BCUT2D eigenvalue weighted by atomic mass is 35.5. The van der Waals surface area contributed by atoms with E-state index in [1.807, 2.05) is 18.2 Å². The summed E-state index contributed by atoms with van der Waals surface area (Å²) >= 11 is 6.10. The molecule has 2 N–H and O–H groups in total. The molecule has 138 valence electrons. The molecule has 0 aromatic heterocycles. The molecule has 1 aliphatic heterocycles. The maximum Gasteiger partial charge on any atom is 0.278 e. The molecule has 25 heavy (non-hydrogen) atoms. The van der Waals surface area contributed by atoms with E-state index in [2.05, 4.69) is 30.1 Å². The number of rotatable bonds is 4. The van der Waals surface area contributed by atoms with Crippen molar-refractivity contribution in [2.45, 2.75) is 51.6 Å². The molecule has 2 fully saturated rings. The lowest BCUT2D eigenvalue weighted by molar-refractivity contribution is -0.914. The maximum atomic E-state index is 12.7. The molecule has 1 heterocycles. The van der Waals surface area contributed by atoms with E-state index in [0.29, 0.717) is 12.0 Å². The maximum absolute atomic E-state index is 12.7. The van der Waals surface area contributed by atoms with Crippen molar-refractivity contribution in [2.24, 2.45) is 5.92 Å². The largest absolute Gasteiger partial charge is 0.360 e.